The molecule has 0 atom stereocenters. The fraction of sp³-hybridized carbons (Fsp3) is 0. The van der Waals surface area contributed by atoms with E-state index in [4.69, 9.17) is 0 Å². The van der Waals surface area contributed by atoms with Crippen LogP contribution in [0.5, 0.6) is 0 Å². The van der Waals surface area contributed by atoms with Crippen molar-refractivity contribution in [1.82, 2.24) is 0 Å². The quantitative estimate of drug-likeness (QED) is 0.692. The zero-order chi connectivity index (χ0) is 10.4. The van der Waals surface area contributed by atoms with Crippen molar-refractivity contribution >= 4 is 17.4 Å². The first-order valence-corrected chi connectivity index (χ1v) is 4.74. The Morgan fingerprint density at radius 2 is 1.73 bits per heavy atom. The van der Waals surface area contributed by atoms with Crippen molar-refractivity contribution in [3.8, 4) is 0 Å². The van der Waals surface area contributed by atoms with Gasteiger partial charge in [0, 0.05) is 11.6 Å². The maximum absolute atomic E-state index is 11.3. The van der Waals surface area contributed by atoms with Crippen molar-refractivity contribution in [2.75, 3.05) is 0 Å². The van der Waals surface area contributed by atoms with E-state index < -0.39 is 0 Å². The van der Waals surface area contributed by atoms with Crippen LogP contribution in [0.3, 0.4) is 0 Å². The predicted molar refractivity (Wildman–Crippen MR) is 58.1 cm³/mol. The van der Waals surface area contributed by atoms with Crippen LogP contribution >= 0.6 is 0 Å². The van der Waals surface area contributed by atoms with Gasteiger partial charge in [-0.3, -0.25) is 4.79 Å². The molecular formula is C13H8O2. The minimum absolute atomic E-state index is 0.0636. The summed E-state index contributed by atoms with van der Waals surface area (Å²) in [6.45, 7) is 0. The van der Waals surface area contributed by atoms with Crippen molar-refractivity contribution in [2.24, 2.45) is 0 Å². The summed E-state index contributed by atoms with van der Waals surface area (Å²) in [6, 6.07) is 7.79. The van der Waals surface area contributed by atoms with Gasteiger partial charge in [0.05, 0.1) is 0 Å². The van der Waals surface area contributed by atoms with Gasteiger partial charge in [-0.1, -0.05) is 24.3 Å². The van der Waals surface area contributed by atoms with Crippen LogP contribution in [0.15, 0.2) is 47.7 Å². The highest BCUT2D eigenvalue weighted by Crippen LogP contribution is 2.39. The normalized spacial score (nSPS) is 17.6. The Bertz CT molecular complexity index is 560. The molecule has 0 bridgehead atoms. The Hall–Kier alpha value is -2.09. The van der Waals surface area contributed by atoms with Crippen LogP contribution in [-0.2, 0) is 4.79 Å². The van der Waals surface area contributed by atoms with Gasteiger partial charge in [-0.15, -0.1) is 0 Å². The third-order valence-electron chi connectivity index (χ3n) is 2.68. The van der Waals surface area contributed by atoms with E-state index in [1.165, 1.54) is 6.08 Å². The number of allylic oxidation sites excluding steroid dienone is 3. The molecule has 0 fully saturated rings. The summed E-state index contributed by atoms with van der Waals surface area (Å²) in [7, 11) is 0. The lowest BCUT2D eigenvalue weighted by Crippen LogP contribution is -2.01. The van der Waals surface area contributed by atoms with Gasteiger partial charge in [-0.25, -0.2) is 0 Å². The molecule has 0 radical (unpaired) electrons. The summed E-state index contributed by atoms with van der Waals surface area (Å²) < 4.78 is 0. The lowest BCUT2D eigenvalue weighted by Gasteiger charge is -2.09. The Balaban J connectivity index is 2.28. The van der Waals surface area contributed by atoms with Crippen LogP contribution in [0.2, 0.25) is 0 Å². The number of carbonyl (C=O) groups excluding carboxylic acids is 1. The molecule has 15 heavy (non-hydrogen) atoms. The number of hydrogen-bond donors (Lipinski definition) is 1. The second-order valence-corrected chi connectivity index (χ2v) is 3.64. The van der Waals surface area contributed by atoms with Crippen molar-refractivity contribution in [2.45, 2.75) is 0 Å². The molecule has 0 saturated heterocycles. The SMILES string of the molecule is O=C1C=C(O)C2=Cc3ccccc3C2=C1. The number of fused-ring (bicyclic) bond motifs is 3. The molecule has 0 saturated carbocycles. The molecular weight excluding hydrogens is 188 g/mol. The van der Waals surface area contributed by atoms with E-state index in [0.717, 1.165) is 22.3 Å². The first kappa shape index (κ1) is 8.24. The van der Waals surface area contributed by atoms with Crippen molar-refractivity contribution < 1.29 is 9.90 Å². The summed E-state index contributed by atoms with van der Waals surface area (Å²) >= 11 is 0. The smallest absolute Gasteiger partial charge is 0.182 e. The Kier molecular flexibility index (Phi) is 1.48. The topological polar surface area (TPSA) is 37.3 Å². The second kappa shape index (κ2) is 2.70. The molecule has 1 aromatic carbocycles. The van der Waals surface area contributed by atoms with Gasteiger partial charge >= 0.3 is 0 Å². The van der Waals surface area contributed by atoms with Crippen molar-refractivity contribution in [3.05, 3.63) is 58.9 Å². The van der Waals surface area contributed by atoms with Crippen LogP contribution < -0.4 is 0 Å². The molecule has 0 unspecified atom stereocenters. The average molecular weight is 196 g/mol. The van der Waals surface area contributed by atoms with Gasteiger partial charge in [0.1, 0.15) is 5.76 Å². The second-order valence-electron chi connectivity index (χ2n) is 3.64. The molecule has 0 aliphatic heterocycles. The van der Waals surface area contributed by atoms with Gasteiger partial charge in [0.25, 0.3) is 0 Å². The van der Waals surface area contributed by atoms with E-state index in [0.29, 0.717) is 0 Å². The van der Waals surface area contributed by atoms with Gasteiger partial charge < -0.3 is 5.11 Å². The monoisotopic (exact) mass is 196 g/mol. The van der Waals surface area contributed by atoms with Crippen LogP contribution in [0.25, 0.3) is 11.6 Å². The zero-order valence-electron chi connectivity index (χ0n) is 7.90. The molecule has 0 heterocycles. The first-order valence-electron chi connectivity index (χ1n) is 4.74. The predicted octanol–water partition coefficient (Wildman–Crippen LogP) is 2.49. The summed E-state index contributed by atoms with van der Waals surface area (Å²) in [5, 5.41) is 9.65. The molecule has 2 aliphatic carbocycles. The molecule has 1 aromatic rings. The number of aliphatic hydroxyl groups is 1. The average Bonchev–Trinajstić information content (AvgIpc) is 2.57. The Labute approximate surface area is 86.9 Å². The van der Waals surface area contributed by atoms with Crippen LogP contribution in [-0.4, -0.2) is 10.9 Å². The maximum Gasteiger partial charge on any atom is 0.182 e. The minimum atomic E-state index is -0.156. The molecule has 1 N–H and O–H groups in total. The maximum atomic E-state index is 11.3. The van der Waals surface area contributed by atoms with E-state index in [1.54, 1.807) is 6.08 Å². The van der Waals surface area contributed by atoms with Gasteiger partial charge in [0.15, 0.2) is 5.78 Å². The third kappa shape index (κ3) is 1.08. The van der Waals surface area contributed by atoms with E-state index in [9.17, 15) is 9.90 Å². The molecule has 2 aliphatic rings. The molecule has 72 valence electrons. The third-order valence-corrected chi connectivity index (χ3v) is 2.68. The number of hydrogen-bond acceptors (Lipinski definition) is 2. The molecule has 2 nitrogen and oxygen atoms in total. The number of carbonyl (C=O) groups is 1. The van der Waals surface area contributed by atoms with Crippen molar-refractivity contribution in [3.63, 3.8) is 0 Å². The molecule has 3 rings (SSSR count). The van der Waals surface area contributed by atoms with E-state index in [1.807, 2.05) is 30.3 Å². The van der Waals surface area contributed by atoms with Crippen LogP contribution in [0.1, 0.15) is 11.1 Å². The largest absolute Gasteiger partial charge is 0.507 e. The van der Waals surface area contributed by atoms with Crippen molar-refractivity contribution in [1.29, 1.82) is 0 Å². The van der Waals surface area contributed by atoms with Gasteiger partial charge in [0.2, 0.25) is 0 Å². The number of ketones is 1. The lowest BCUT2D eigenvalue weighted by molar-refractivity contribution is -0.110. The van der Waals surface area contributed by atoms with E-state index in [2.05, 4.69) is 0 Å². The van der Waals surface area contributed by atoms with Crippen LogP contribution in [0, 0.1) is 0 Å². The summed E-state index contributed by atoms with van der Waals surface area (Å²) in [6.07, 6.45) is 4.72. The molecule has 0 aromatic heterocycles. The summed E-state index contributed by atoms with van der Waals surface area (Å²) in [5.74, 6) is -0.0925. The fourth-order valence-electron chi connectivity index (χ4n) is 2.01. The van der Waals surface area contributed by atoms with E-state index >= 15 is 0 Å². The molecule has 0 spiro atoms. The number of aliphatic hydroxyl groups excluding tert-OH is 1. The standard InChI is InChI=1S/C13H8O2/c14-9-6-11-10-4-2-1-3-8(10)5-12(11)13(15)7-9/h1-7,15H. The fourth-order valence-corrected chi connectivity index (χ4v) is 2.01. The number of benzene rings is 1. The molecule has 2 heteroatoms. The van der Waals surface area contributed by atoms with Gasteiger partial charge in [-0.2, -0.15) is 0 Å². The summed E-state index contributed by atoms with van der Waals surface area (Å²) in [5.41, 5.74) is 3.64. The Morgan fingerprint density at radius 3 is 2.60 bits per heavy atom. The highest BCUT2D eigenvalue weighted by atomic mass is 16.3. The Morgan fingerprint density at radius 1 is 0.933 bits per heavy atom. The highest BCUT2D eigenvalue weighted by molar-refractivity contribution is 6.14. The first-order chi connectivity index (χ1) is 7.25. The van der Waals surface area contributed by atoms with Crippen LogP contribution in [0.4, 0.5) is 0 Å². The van der Waals surface area contributed by atoms with Gasteiger partial charge in [-0.05, 0) is 28.9 Å². The highest BCUT2D eigenvalue weighted by Gasteiger charge is 2.24. The number of rotatable bonds is 0. The lowest BCUT2D eigenvalue weighted by atomic mass is 9.96. The zero-order valence-corrected chi connectivity index (χ0v) is 7.90. The van der Waals surface area contributed by atoms with E-state index in [-0.39, 0.29) is 11.5 Å². The molecule has 0 amide bonds. The summed E-state index contributed by atoms with van der Waals surface area (Å²) in [4.78, 5) is 11.3. The minimum Gasteiger partial charge on any atom is -0.507 e.